The van der Waals surface area contributed by atoms with Crippen LogP contribution in [0, 0.1) is 0 Å². The first kappa shape index (κ1) is 17.4. The second kappa shape index (κ2) is 8.62. The van der Waals surface area contributed by atoms with Gasteiger partial charge in [-0.3, -0.25) is 5.43 Å². The van der Waals surface area contributed by atoms with Gasteiger partial charge in [-0.1, -0.05) is 24.3 Å². The molecule has 0 radical (unpaired) electrons. The Morgan fingerprint density at radius 2 is 1.84 bits per heavy atom. The van der Waals surface area contributed by atoms with Gasteiger partial charge in [-0.2, -0.15) is 5.10 Å². The van der Waals surface area contributed by atoms with Crippen molar-refractivity contribution in [2.24, 2.45) is 5.10 Å². The van der Waals surface area contributed by atoms with E-state index in [2.05, 4.69) is 40.1 Å². The van der Waals surface area contributed by atoms with Gasteiger partial charge in [0.05, 0.1) is 12.3 Å². The van der Waals surface area contributed by atoms with E-state index in [9.17, 15) is 0 Å². The van der Waals surface area contributed by atoms with Crippen LogP contribution in [-0.2, 0) is 6.42 Å². The predicted octanol–water partition coefficient (Wildman–Crippen LogP) is 4.50. The van der Waals surface area contributed by atoms with Crippen LogP contribution >= 0.6 is 12.2 Å². The monoisotopic (exact) mass is 353 g/mol. The number of hydrogen-bond donors (Lipinski definition) is 2. The first-order chi connectivity index (χ1) is 12.3. The van der Waals surface area contributed by atoms with Crippen LogP contribution in [0.5, 0.6) is 5.75 Å². The summed E-state index contributed by atoms with van der Waals surface area (Å²) in [6, 6.07) is 16.2. The fourth-order valence-electron chi connectivity index (χ4n) is 2.96. The van der Waals surface area contributed by atoms with Crippen molar-refractivity contribution in [3.05, 3.63) is 59.7 Å². The summed E-state index contributed by atoms with van der Waals surface area (Å²) in [5.41, 5.74) is 7.56. The van der Waals surface area contributed by atoms with Crippen molar-refractivity contribution in [2.45, 2.75) is 32.6 Å². The summed E-state index contributed by atoms with van der Waals surface area (Å²) in [7, 11) is 0. The van der Waals surface area contributed by atoms with E-state index in [0.717, 1.165) is 36.4 Å². The van der Waals surface area contributed by atoms with Gasteiger partial charge >= 0.3 is 0 Å². The Labute approximate surface area is 154 Å². The van der Waals surface area contributed by atoms with Crippen molar-refractivity contribution in [1.29, 1.82) is 0 Å². The first-order valence-electron chi connectivity index (χ1n) is 8.71. The molecule has 0 aliphatic heterocycles. The van der Waals surface area contributed by atoms with Crippen molar-refractivity contribution < 1.29 is 4.74 Å². The number of hydrazone groups is 1. The third-order valence-corrected chi connectivity index (χ3v) is 4.35. The van der Waals surface area contributed by atoms with E-state index in [-0.39, 0.29) is 0 Å². The molecule has 2 aromatic rings. The molecule has 0 saturated carbocycles. The molecule has 0 spiro atoms. The summed E-state index contributed by atoms with van der Waals surface area (Å²) in [6.07, 6.45) is 4.43. The Morgan fingerprint density at radius 3 is 2.64 bits per heavy atom. The van der Waals surface area contributed by atoms with E-state index in [0.29, 0.717) is 11.7 Å². The summed E-state index contributed by atoms with van der Waals surface area (Å²) < 4.78 is 5.44. The summed E-state index contributed by atoms with van der Waals surface area (Å²) >= 11 is 5.36. The van der Waals surface area contributed by atoms with Crippen molar-refractivity contribution in [3.8, 4) is 5.75 Å². The molecule has 2 aromatic carbocycles. The van der Waals surface area contributed by atoms with E-state index in [1.54, 1.807) is 0 Å². The topological polar surface area (TPSA) is 45.6 Å². The van der Waals surface area contributed by atoms with Crippen molar-refractivity contribution in [2.75, 3.05) is 11.9 Å². The number of fused-ring (bicyclic) bond motifs is 1. The third-order valence-electron chi connectivity index (χ3n) is 4.15. The summed E-state index contributed by atoms with van der Waals surface area (Å²) in [5, 5.41) is 8.20. The lowest BCUT2D eigenvalue weighted by Crippen LogP contribution is -2.25. The smallest absolute Gasteiger partial charge is 0.191 e. The highest BCUT2D eigenvalue weighted by Gasteiger charge is 2.13. The maximum Gasteiger partial charge on any atom is 0.191 e. The van der Waals surface area contributed by atoms with Gasteiger partial charge in [0.1, 0.15) is 5.75 Å². The normalized spacial score (nSPS) is 15.2. The van der Waals surface area contributed by atoms with E-state index >= 15 is 0 Å². The van der Waals surface area contributed by atoms with Crippen molar-refractivity contribution >= 4 is 28.7 Å². The Balaban J connectivity index is 1.64. The number of benzene rings is 2. The molecule has 0 unspecified atom stereocenters. The Kier molecular flexibility index (Phi) is 6.01. The number of ether oxygens (including phenoxy) is 1. The van der Waals surface area contributed by atoms with Crippen molar-refractivity contribution in [1.82, 2.24) is 5.43 Å². The first-order valence-corrected chi connectivity index (χ1v) is 9.12. The molecule has 0 atom stereocenters. The number of thiocarbonyl (C=S) groups is 1. The second-order valence-electron chi connectivity index (χ2n) is 5.95. The summed E-state index contributed by atoms with van der Waals surface area (Å²) in [6.45, 7) is 2.63. The molecule has 0 bridgehead atoms. The van der Waals surface area contributed by atoms with Crippen LogP contribution in [0.4, 0.5) is 5.69 Å². The fourth-order valence-corrected chi connectivity index (χ4v) is 3.12. The van der Waals surface area contributed by atoms with E-state index < -0.39 is 0 Å². The quantitative estimate of drug-likeness (QED) is 0.482. The molecule has 0 heterocycles. The Morgan fingerprint density at radius 1 is 1.08 bits per heavy atom. The van der Waals surface area contributed by atoms with Crippen LogP contribution in [0.3, 0.4) is 0 Å². The molecule has 1 aliphatic rings. The van der Waals surface area contributed by atoms with E-state index in [1.807, 2.05) is 31.2 Å². The van der Waals surface area contributed by atoms with E-state index in [1.165, 1.54) is 17.5 Å². The number of anilines is 1. The lowest BCUT2D eigenvalue weighted by Gasteiger charge is -2.11. The van der Waals surface area contributed by atoms with E-state index in [4.69, 9.17) is 17.0 Å². The zero-order valence-corrected chi connectivity index (χ0v) is 15.2. The number of aryl methyl sites for hydroxylation is 1. The highest BCUT2D eigenvalue weighted by atomic mass is 32.1. The van der Waals surface area contributed by atoms with Crippen LogP contribution in [0.15, 0.2) is 53.6 Å². The summed E-state index contributed by atoms with van der Waals surface area (Å²) in [5.74, 6) is 0.849. The zero-order chi connectivity index (χ0) is 17.5. The number of nitrogens with one attached hydrogen (secondary N) is 2. The van der Waals surface area contributed by atoms with Gasteiger partial charge in [0.15, 0.2) is 5.11 Å². The molecule has 3 rings (SSSR count). The highest BCUT2D eigenvalue weighted by molar-refractivity contribution is 7.80. The summed E-state index contributed by atoms with van der Waals surface area (Å²) in [4.78, 5) is 0. The van der Waals surface area contributed by atoms with Crippen LogP contribution < -0.4 is 15.5 Å². The molecule has 0 amide bonds. The predicted molar refractivity (Wildman–Crippen MR) is 108 cm³/mol. The lowest BCUT2D eigenvalue weighted by atomic mass is 10.0. The van der Waals surface area contributed by atoms with Gasteiger partial charge in [-0.05, 0) is 74.7 Å². The Hall–Kier alpha value is -2.40. The maximum absolute atomic E-state index is 5.44. The minimum absolute atomic E-state index is 0.485. The lowest BCUT2D eigenvalue weighted by molar-refractivity contribution is 0.340. The minimum atomic E-state index is 0.485. The highest BCUT2D eigenvalue weighted by Crippen LogP contribution is 2.21. The number of hydrogen-bond acceptors (Lipinski definition) is 3. The van der Waals surface area contributed by atoms with Crippen LogP contribution in [0.25, 0.3) is 0 Å². The van der Waals surface area contributed by atoms with Crippen LogP contribution in [0.1, 0.15) is 37.3 Å². The standard InChI is InChI=1S/C20H23N3OS/c1-2-24-17-13-11-16(12-14-17)21-20(25)23-22-19-10-6-4-8-15-7-3-5-9-18(15)19/h3,5,7,9,11-14H,2,4,6,8,10H2,1H3,(H2,21,23,25)/b22-19-. The van der Waals surface area contributed by atoms with Gasteiger partial charge < -0.3 is 10.1 Å². The zero-order valence-electron chi connectivity index (χ0n) is 14.4. The average Bonchev–Trinajstić information content (AvgIpc) is 2.84. The van der Waals surface area contributed by atoms with Gasteiger partial charge in [0.25, 0.3) is 0 Å². The Bertz CT molecular complexity index is 756. The third kappa shape index (κ3) is 4.79. The van der Waals surface area contributed by atoms with Crippen molar-refractivity contribution in [3.63, 3.8) is 0 Å². The van der Waals surface area contributed by atoms with Gasteiger partial charge in [-0.25, -0.2) is 0 Å². The van der Waals surface area contributed by atoms with Crippen LogP contribution in [0.2, 0.25) is 0 Å². The molecule has 4 nitrogen and oxygen atoms in total. The maximum atomic E-state index is 5.44. The van der Waals surface area contributed by atoms with Gasteiger partial charge in [0.2, 0.25) is 0 Å². The molecule has 0 aromatic heterocycles. The molecular weight excluding hydrogens is 330 g/mol. The molecule has 1 aliphatic carbocycles. The molecule has 5 heteroatoms. The molecule has 0 fully saturated rings. The fraction of sp³-hybridized carbons (Fsp3) is 0.300. The van der Waals surface area contributed by atoms with Gasteiger partial charge in [0, 0.05) is 11.3 Å². The SMILES string of the molecule is CCOc1ccc(NC(=S)N/N=C2/CCCCc3ccccc32)cc1. The molecule has 0 saturated heterocycles. The number of rotatable bonds is 4. The molecular formula is C20H23N3OS. The average molecular weight is 353 g/mol. The van der Waals surface area contributed by atoms with Gasteiger partial charge in [-0.15, -0.1) is 0 Å². The van der Waals surface area contributed by atoms with Crippen LogP contribution in [-0.4, -0.2) is 17.4 Å². The number of nitrogens with zero attached hydrogens (tertiary/aromatic N) is 1. The second-order valence-corrected chi connectivity index (χ2v) is 6.35. The minimum Gasteiger partial charge on any atom is -0.494 e. The molecule has 25 heavy (non-hydrogen) atoms. The molecule has 2 N–H and O–H groups in total. The largest absolute Gasteiger partial charge is 0.494 e. The molecule has 130 valence electrons.